The van der Waals surface area contributed by atoms with Gasteiger partial charge in [-0.05, 0) is 59.1 Å². The molecule has 6 rings (SSSR count). The van der Waals surface area contributed by atoms with E-state index in [2.05, 4.69) is 15.9 Å². The summed E-state index contributed by atoms with van der Waals surface area (Å²) in [7, 11) is 1.58. The third-order valence-electron chi connectivity index (χ3n) is 8.16. The van der Waals surface area contributed by atoms with Crippen molar-refractivity contribution < 1.29 is 23.8 Å². The molecule has 1 amide bonds. The molecule has 46 heavy (non-hydrogen) atoms. The molecule has 240 valence electrons. The van der Waals surface area contributed by atoms with Crippen molar-refractivity contribution in [3.05, 3.63) is 95.2 Å². The van der Waals surface area contributed by atoms with Crippen molar-refractivity contribution >= 4 is 56.1 Å². The van der Waals surface area contributed by atoms with E-state index in [-0.39, 0.29) is 24.6 Å². The molecule has 1 fully saturated rings. The van der Waals surface area contributed by atoms with Gasteiger partial charge in [0.1, 0.15) is 12.3 Å². The fourth-order valence-corrected chi connectivity index (χ4v) is 7.58. The summed E-state index contributed by atoms with van der Waals surface area (Å²) in [6, 6.07) is 12.6. The molecule has 1 atom stereocenters. The lowest BCUT2D eigenvalue weighted by Crippen LogP contribution is -2.42. The van der Waals surface area contributed by atoms with Gasteiger partial charge < -0.3 is 23.7 Å². The Morgan fingerprint density at radius 2 is 1.93 bits per heavy atom. The number of carbonyl (C=O) groups is 2. The standard InChI is InChI=1S/C34H35BrN4O6S/c1-4-8-25-30(33(42)45-5-2)31(21-11-12-27(43-3)24(35)17-21)39-32(41)28(46-34(39)36-25)18-22-19-38(26-10-7-6-9-23(22)26)20-29(40)37-13-15-44-16-14-37/h6-7,9-12,17-19,31H,4-5,8,13-16,20H2,1-3H3/b28-18+/t31-/m0/s1. The number of hydrogen-bond donors (Lipinski definition) is 0. The maximum Gasteiger partial charge on any atom is 0.338 e. The molecule has 2 aromatic carbocycles. The van der Waals surface area contributed by atoms with Crippen LogP contribution in [0.15, 0.2) is 74.2 Å². The van der Waals surface area contributed by atoms with Crippen molar-refractivity contribution in [3.63, 3.8) is 0 Å². The highest BCUT2D eigenvalue weighted by Crippen LogP contribution is 2.36. The number of rotatable bonds is 9. The lowest BCUT2D eigenvalue weighted by Gasteiger charge is -2.27. The molecule has 0 spiro atoms. The zero-order chi connectivity index (χ0) is 32.4. The molecule has 0 unspecified atom stereocenters. The fourth-order valence-electron chi connectivity index (χ4n) is 6.01. The summed E-state index contributed by atoms with van der Waals surface area (Å²) in [5.41, 5.74) is 3.16. The molecule has 2 aliphatic heterocycles. The second-order valence-electron chi connectivity index (χ2n) is 11.0. The summed E-state index contributed by atoms with van der Waals surface area (Å²) in [5, 5.41) is 0.928. The van der Waals surface area contributed by atoms with Crippen molar-refractivity contribution in [1.29, 1.82) is 0 Å². The maximum absolute atomic E-state index is 14.3. The number of amides is 1. The van der Waals surface area contributed by atoms with Gasteiger partial charge in [-0.1, -0.05) is 48.9 Å². The highest BCUT2D eigenvalue weighted by molar-refractivity contribution is 9.10. The van der Waals surface area contributed by atoms with Crippen molar-refractivity contribution in [2.24, 2.45) is 4.99 Å². The van der Waals surface area contributed by atoms with Crippen LogP contribution in [0.4, 0.5) is 0 Å². The van der Waals surface area contributed by atoms with Crippen LogP contribution in [0.3, 0.4) is 0 Å². The van der Waals surface area contributed by atoms with E-state index in [0.717, 1.165) is 28.5 Å². The van der Waals surface area contributed by atoms with Gasteiger partial charge in [0.05, 0.1) is 53.2 Å². The minimum atomic E-state index is -0.742. The second kappa shape index (κ2) is 13.8. The zero-order valence-electron chi connectivity index (χ0n) is 26.0. The molecule has 2 aromatic heterocycles. The minimum Gasteiger partial charge on any atom is -0.496 e. The third kappa shape index (κ3) is 6.08. The number of carbonyl (C=O) groups excluding carboxylic acids is 2. The van der Waals surface area contributed by atoms with Gasteiger partial charge in [0.25, 0.3) is 5.56 Å². The Labute approximate surface area is 278 Å². The van der Waals surface area contributed by atoms with E-state index >= 15 is 0 Å². The fraction of sp³-hybridized carbons (Fsp3) is 0.353. The van der Waals surface area contributed by atoms with Gasteiger partial charge in [0.15, 0.2) is 4.80 Å². The van der Waals surface area contributed by atoms with Crippen LogP contribution in [0, 0.1) is 0 Å². The SMILES string of the molecule is CCCC1=C(C(=O)OCC)[C@H](c2ccc(OC)c(Br)c2)n2c(s/c(=C/c3cn(CC(=O)N4CCOCC4)c4ccccc34)c2=O)=N1. The number of thiazole rings is 1. The maximum atomic E-state index is 14.3. The Hall–Kier alpha value is -4.00. The molecule has 4 aromatic rings. The number of para-hydroxylation sites is 1. The molecule has 2 aliphatic rings. The predicted molar refractivity (Wildman–Crippen MR) is 180 cm³/mol. The zero-order valence-corrected chi connectivity index (χ0v) is 28.4. The smallest absolute Gasteiger partial charge is 0.338 e. The molecule has 0 radical (unpaired) electrons. The number of benzene rings is 2. The van der Waals surface area contributed by atoms with Crippen LogP contribution in [0.25, 0.3) is 17.0 Å². The number of allylic oxidation sites excluding steroid dienone is 1. The summed E-state index contributed by atoms with van der Waals surface area (Å²) in [4.78, 5) is 48.2. The van der Waals surface area contributed by atoms with Gasteiger partial charge in [-0.25, -0.2) is 9.79 Å². The highest BCUT2D eigenvalue weighted by atomic mass is 79.9. The molecule has 12 heteroatoms. The number of nitrogens with zero attached hydrogens (tertiary/aromatic N) is 4. The molecular weight excluding hydrogens is 672 g/mol. The van der Waals surface area contributed by atoms with E-state index in [1.807, 2.05) is 71.1 Å². The molecular formula is C34H35BrN4O6S. The molecule has 0 aliphatic carbocycles. The van der Waals surface area contributed by atoms with E-state index in [9.17, 15) is 14.4 Å². The highest BCUT2D eigenvalue weighted by Gasteiger charge is 2.34. The number of methoxy groups -OCH3 is 1. The Balaban J connectivity index is 1.50. The topological polar surface area (TPSA) is 104 Å². The first-order valence-electron chi connectivity index (χ1n) is 15.3. The predicted octanol–water partition coefficient (Wildman–Crippen LogP) is 4.16. The molecule has 1 saturated heterocycles. The largest absolute Gasteiger partial charge is 0.496 e. The number of halogens is 1. The lowest BCUT2D eigenvalue weighted by atomic mass is 9.94. The first-order chi connectivity index (χ1) is 22.3. The van der Waals surface area contributed by atoms with Crippen molar-refractivity contribution in [2.45, 2.75) is 39.3 Å². The van der Waals surface area contributed by atoms with Crippen LogP contribution in [-0.4, -0.2) is 65.9 Å². The van der Waals surface area contributed by atoms with Crippen molar-refractivity contribution in [3.8, 4) is 5.75 Å². The molecule has 4 heterocycles. The molecule has 10 nitrogen and oxygen atoms in total. The van der Waals surface area contributed by atoms with Crippen LogP contribution in [0.2, 0.25) is 0 Å². The van der Waals surface area contributed by atoms with E-state index in [0.29, 0.717) is 63.6 Å². The Morgan fingerprint density at radius 1 is 1.15 bits per heavy atom. The van der Waals surface area contributed by atoms with Gasteiger partial charge in [-0.2, -0.15) is 0 Å². The van der Waals surface area contributed by atoms with Gasteiger partial charge in [-0.15, -0.1) is 0 Å². The van der Waals surface area contributed by atoms with Gasteiger partial charge in [0, 0.05) is 35.8 Å². The third-order valence-corrected chi connectivity index (χ3v) is 9.76. The normalized spacial score (nSPS) is 16.8. The number of hydrogen-bond acceptors (Lipinski definition) is 8. The van der Waals surface area contributed by atoms with Crippen LogP contribution in [0.1, 0.15) is 43.9 Å². The second-order valence-corrected chi connectivity index (χ2v) is 12.9. The monoisotopic (exact) mass is 706 g/mol. The first-order valence-corrected chi connectivity index (χ1v) is 16.9. The van der Waals surface area contributed by atoms with E-state index in [1.165, 1.54) is 11.3 Å². The summed E-state index contributed by atoms with van der Waals surface area (Å²) in [6.07, 6.45) is 5.10. The van der Waals surface area contributed by atoms with Gasteiger partial charge in [-0.3, -0.25) is 14.2 Å². The van der Waals surface area contributed by atoms with Crippen molar-refractivity contribution in [1.82, 2.24) is 14.0 Å². The molecule has 0 saturated carbocycles. The number of fused-ring (bicyclic) bond motifs is 2. The van der Waals surface area contributed by atoms with Gasteiger partial charge >= 0.3 is 5.97 Å². The first kappa shape index (κ1) is 32.0. The Morgan fingerprint density at radius 3 is 2.65 bits per heavy atom. The van der Waals surface area contributed by atoms with Gasteiger partial charge in [0.2, 0.25) is 5.91 Å². The van der Waals surface area contributed by atoms with E-state index in [1.54, 1.807) is 18.6 Å². The summed E-state index contributed by atoms with van der Waals surface area (Å²) in [5.74, 6) is 0.166. The van der Waals surface area contributed by atoms with Crippen LogP contribution >= 0.6 is 27.3 Å². The van der Waals surface area contributed by atoms with Crippen LogP contribution in [0.5, 0.6) is 5.75 Å². The van der Waals surface area contributed by atoms with Crippen LogP contribution in [-0.2, 0) is 25.6 Å². The number of esters is 1. The van der Waals surface area contributed by atoms with Crippen molar-refractivity contribution in [2.75, 3.05) is 40.0 Å². The summed E-state index contributed by atoms with van der Waals surface area (Å²) in [6.45, 7) is 6.40. The number of ether oxygens (including phenoxy) is 3. The average molecular weight is 708 g/mol. The summed E-state index contributed by atoms with van der Waals surface area (Å²) >= 11 is 4.86. The quantitative estimate of drug-likeness (QED) is 0.242. The van der Waals surface area contributed by atoms with E-state index in [4.69, 9.17) is 19.2 Å². The average Bonchev–Trinajstić information content (AvgIpc) is 3.57. The summed E-state index contributed by atoms with van der Waals surface area (Å²) < 4.78 is 21.1. The minimum absolute atomic E-state index is 0.0237. The molecule has 0 bridgehead atoms. The number of morpholine rings is 1. The number of aromatic nitrogens is 2. The Kier molecular flexibility index (Phi) is 9.57. The van der Waals surface area contributed by atoms with E-state index < -0.39 is 12.0 Å². The lowest BCUT2D eigenvalue weighted by molar-refractivity contribution is -0.139. The van der Waals surface area contributed by atoms with Crippen LogP contribution < -0.4 is 19.6 Å². The molecule has 0 N–H and O–H groups in total. The Bertz CT molecular complexity index is 2020.